The van der Waals surface area contributed by atoms with Crippen molar-refractivity contribution in [2.24, 2.45) is 0 Å². The molecule has 2 heterocycles. The Morgan fingerprint density at radius 2 is 1.79 bits per heavy atom. The molecule has 0 radical (unpaired) electrons. The van der Waals surface area contributed by atoms with Gasteiger partial charge >= 0.3 is 6.03 Å². The molecule has 0 bridgehead atoms. The van der Waals surface area contributed by atoms with Crippen LogP contribution in [0.3, 0.4) is 0 Å². The number of halogens is 1. The standard InChI is InChI=1S/C20H23ClN4O4/c21-13-5-6-15(14(11-13)17(27)24-9-3-4-10-24)22-16(26)12-25-18(28)20(23-19(25)29)7-1-2-8-20/h5-6,11H,1-4,7-10,12H2,(H,22,26)(H,23,29). The average molecular weight is 419 g/mol. The molecule has 1 aromatic carbocycles. The topological polar surface area (TPSA) is 98.8 Å². The van der Waals surface area contributed by atoms with Crippen LogP contribution in [0.1, 0.15) is 48.9 Å². The van der Waals surface area contributed by atoms with Crippen molar-refractivity contribution in [3.05, 3.63) is 28.8 Å². The molecule has 9 heteroatoms. The van der Waals surface area contributed by atoms with Crippen molar-refractivity contribution in [3.63, 3.8) is 0 Å². The number of carbonyl (C=O) groups is 4. The van der Waals surface area contributed by atoms with Gasteiger partial charge in [-0.15, -0.1) is 0 Å². The summed E-state index contributed by atoms with van der Waals surface area (Å²) in [7, 11) is 0. The number of carbonyl (C=O) groups excluding carboxylic acids is 4. The van der Waals surface area contributed by atoms with Gasteiger partial charge in [-0.2, -0.15) is 0 Å². The average Bonchev–Trinajstić information content (AvgIpc) is 3.42. The largest absolute Gasteiger partial charge is 0.339 e. The van der Waals surface area contributed by atoms with Gasteiger partial charge < -0.3 is 15.5 Å². The number of likely N-dealkylation sites (tertiary alicyclic amines) is 1. The van der Waals surface area contributed by atoms with Crippen molar-refractivity contribution in [1.82, 2.24) is 15.1 Å². The van der Waals surface area contributed by atoms with Crippen LogP contribution in [0.5, 0.6) is 0 Å². The highest BCUT2D eigenvalue weighted by Crippen LogP contribution is 2.35. The van der Waals surface area contributed by atoms with E-state index < -0.39 is 24.0 Å². The number of hydrogen-bond acceptors (Lipinski definition) is 4. The first-order chi connectivity index (χ1) is 13.9. The maximum absolute atomic E-state index is 12.8. The number of hydrogen-bond donors (Lipinski definition) is 2. The molecule has 2 aliphatic heterocycles. The highest BCUT2D eigenvalue weighted by atomic mass is 35.5. The summed E-state index contributed by atoms with van der Waals surface area (Å²) < 4.78 is 0. The van der Waals surface area contributed by atoms with E-state index in [1.54, 1.807) is 17.0 Å². The second kappa shape index (κ2) is 7.67. The van der Waals surface area contributed by atoms with Crippen molar-refractivity contribution in [3.8, 4) is 0 Å². The van der Waals surface area contributed by atoms with Crippen LogP contribution in [0.2, 0.25) is 5.02 Å². The smallest absolute Gasteiger partial charge is 0.325 e. The zero-order valence-electron chi connectivity index (χ0n) is 16.0. The molecule has 2 saturated heterocycles. The van der Waals surface area contributed by atoms with Gasteiger partial charge in [-0.1, -0.05) is 24.4 Å². The predicted molar refractivity (Wildman–Crippen MR) is 107 cm³/mol. The van der Waals surface area contributed by atoms with Crippen molar-refractivity contribution in [2.75, 3.05) is 25.0 Å². The third-order valence-corrected chi connectivity index (χ3v) is 6.12. The van der Waals surface area contributed by atoms with E-state index >= 15 is 0 Å². The summed E-state index contributed by atoms with van der Waals surface area (Å²) in [6.45, 7) is 0.943. The van der Waals surface area contributed by atoms with Crippen LogP contribution in [0.15, 0.2) is 18.2 Å². The molecule has 5 amide bonds. The Bertz CT molecular complexity index is 875. The van der Waals surface area contributed by atoms with Crippen LogP contribution in [0, 0.1) is 0 Å². The molecular weight excluding hydrogens is 396 g/mol. The molecule has 8 nitrogen and oxygen atoms in total. The van der Waals surface area contributed by atoms with Gasteiger partial charge in [-0.3, -0.25) is 19.3 Å². The van der Waals surface area contributed by atoms with Gasteiger partial charge in [0, 0.05) is 18.1 Å². The van der Waals surface area contributed by atoms with Gasteiger partial charge in [-0.25, -0.2) is 4.79 Å². The molecule has 4 rings (SSSR count). The summed E-state index contributed by atoms with van der Waals surface area (Å²) in [5, 5.41) is 5.81. The second-order valence-corrected chi connectivity index (χ2v) is 8.28. The maximum Gasteiger partial charge on any atom is 0.325 e. The number of urea groups is 1. The number of nitrogens with zero attached hydrogens (tertiary/aromatic N) is 2. The number of rotatable bonds is 4. The first-order valence-electron chi connectivity index (χ1n) is 9.92. The van der Waals surface area contributed by atoms with Gasteiger partial charge in [0.25, 0.3) is 11.8 Å². The Morgan fingerprint density at radius 1 is 1.10 bits per heavy atom. The molecule has 154 valence electrons. The van der Waals surface area contributed by atoms with Crippen LogP contribution < -0.4 is 10.6 Å². The van der Waals surface area contributed by atoms with E-state index in [4.69, 9.17) is 11.6 Å². The van der Waals surface area contributed by atoms with Crippen LogP contribution in [0.4, 0.5) is 10.5 Å². The molecule has 0 unspecified atom stereocenters. The summed E-state index contributed by atoms with van der Waals surface area (Å²) in [6.07, 6.45) is 4.84. The lowest BCUT2D eigenvalue weighted by Gasteiger charge is -2.20. The normalized spacial score (nSPS) is 20.4. The Kier molecular flexibility index (Phi) is 5.21. The van der Waals surface area contributed by atoms with E-state index in [1.165, 1.54) is 6.07 Å². The minimum atomic E-state index is -0.853. The summed E-state index contributed by atoms with van der Waals surface area (Å²) in [6, 6.07) is 4.13. The van der Waals surface area contributed by atoms with Crippen LogP contribution in [-0.2, 0) is 9.59 Å². The molecule has 2 N–H and O–H groups in total. The molecule has 1 aliphatic carbocycles. The van der Waals surface area contributed by atoms with Gasteiger partial charge in [0.05, 0.1) is 11.3 Å². The minimum absolute atomic E-state index is 0.194. The maximum atomic E-state index is 12.8. The fourth-order valence-electron chi connectivity index (χ4n) is 4.36. The van der Waals surface area contributed by atoms with E-state index in [0.29, 0.717) is 42.2 Å². The van der Waals surface area contributed by atoms with E-state index in [1.807, 2.05) is 0 Å². The fraction of sp³-hybridized carbons (Fsp3) is 0.500. The summed E-state index contributed by atoms with van der Waals surface area (Å²) in [4.78, 5) is 53.1. The SMILES string of the molecule is O=C(CN1C(=O)NC2(CCCC2)C1=O)Nc1ccc(Cl)cc1C(=O)N1CCCC1. The van der Waals surface area contributed by atoms with Crippen LogP contribution in [0.25, 0.3) is 0 Å². The first-order valence-corrected chi connectivity index (χ1v) is 10.3. The molecular formula is C20H23ClN4O4. The Hall–Kier alpha value is -2.61. The molecule has 3 fully saturated rings. The summed E-state index contributed by atoms with van der Waals surface area (Å²) >= 11 is 6.06. The highest BCUT2D eigenvalue weighted by Gasteiger charge is 2.52. The molecule has 1 spiro atoms. The zero-order valence-corrected chi connectivity index (χ0v) is 16.8. The van der Waals surface area contributed by atoms with Crippen molar-refractivity contribution in [1.29, 1.82) is 0 Å². The van der Waals surface area contributed by atoms with E-state index in [0.717, 1.165) is 30.6 Å². The van der Waals surface area contributed by atoms with Crippen molar-refractivity contribution >= 4 is 41.0 Å². The second-order valence-electron chi connectivity index (χ2n) is 7.85. The van der Waals surface area contributed by atoms with E-state index in [9.17, 15) is 19.2 Å². The van der Waals surface area contributed by atoms with Crippen molar-refractivity contribution in [2.45, 2.75) is 44.1 Å². The minimum Gasteiger partial charge on any atom is -0.339 e. The third-order valence-electron chi connectivity index (χ3n) is 5.88. The summed E-state index contributed by atoms with van der Waals surface area (Å²) in [5.74, 6) is -1.08. The van der Waals surface area contributed by atoms with E-state index in [2.05, 4.69) is 10.6 Å². The zero-order chi connectivity index (χ0) is 20.6. The number of nitrogens with one attached hydrogen (secondary N) is 2. The lowest BCUT2D eigenvalue weighted by molar-refractivity contribution is -0.133. The fourth-order valence-corrected chi connectivity index (χ4v) is 4.54. The van der Waals surface area contributed by atoms with Crippen LogP contribution in [-0.4, -0.2) is 58.7 Å². The molecule has 1 aromatic rings. The number of anilines is 1. The first kappa shape index (κ1) is 19.7. The van der Waals surface area contributed by atoms with Crippen molar-refractivity contribution < 1.29 is 19.2 Å². The quantitative estimate of drug-likeness (QED) is 0.733. The predicted octanol–water partition coefficient (Wildman–Crippen LogP) is 2.38. The number of amides is 5. The lowest BCUT2D eigenvalue weighted by atomic mass is 9.98. The number of imide groups is 1. The van der Waals surface area contributed by atoms with Gasteiger partial charge in [-0.05, 0) is 43.9 Å². The third kappa shape index (κ3) is 3.69. The van der Waals surface area contributed by atoms with E-state index in [-0.39, 0.29) is 11.8 Å². The molecule has 1 saturated carbocycles. The Labute approximate surface area is 173 Å². The lowest BCUT2D eigenvalue weighted by Crippen LogP contribution is -2.44. The van der Waals surface area contributed by atoms with Crippen LogP contribution >= 0.6 is 11.6 Å². The molecule has 0 aromatic heterocycles. The van der Waals surface area contributed by atoms with Gasteiger partial charge in [0.1, 0.15) is 12.1 Å². The molecule has 0 atom stereocenters. The Balaban J connectivity index is 1.48. The summed E-state index contributed by atoms with van der Waals surface area (Å²) in [5.41, 5.74) is -0.231. The Morgan fingerprint density at radius 3 is 2.48 bits per heavy atom. The number of benzene rings is 1. The monoisotopic (exact) mass is 418 g/mol. The molecule has 29 heavy (non-hydrogen) atoms. The molecule has 3 aliphatic rings. The highest BCUT2D eigenvalue weighted by molar-refractivity contribution is 6.31. The van der Waals surface area contributed by atoms with Gasteiger partial charge in [0.15, 0.2) is 0 Å². The van der Waals surface area contributed by atoms with Gasteiger partial charge in [0.2, 0.25) is 5.91 Å².